The van der Waals surface area contributed by atoms with Gasteiger partial charge in [0.1, 0.15) is 5.75 Å². The smallest absolute Gasteiger partial charge is 0.305 e. The van der Waals surface area contributed by atoms with Gasteiger partial charge in [0.2, 0.25) is 17.7 Å². The third kappa shape index (κ3) is 5.44. The average molecular weight is 644 g/mol. The molecule has 0 bridgehead atoms. The number of phenols is 1. The number of nitrogens with one attached hydrogen (secondary N) is 2. The number of anilines is 1. The first kappa shape index (κ1) is 33.2. The van der Waals surface area contributed by atoms with Crippen LogP contribution in [0, 0.1) is 22.7 Å². The lowest BCUT2D eigenvalue weighted by molar-refractivity contribution is -0.150. The van der Waals surface area contributed by atoms with Gasteiger partial charge in [0.05, 0.1) is 23.3 Å². The Morgan fingerprint density at radius 1 is 0.809 bits per heavy atom. The van der Waals surface area contributed by atoms with E-state index in [1.807, 2.05) is 44.2 Å². The molecular formula is C38H49N3O6. The number of aromatic hydroxyl groups is 1. The highest BCUT2D eigenvalue weighted by Gasteiger charge is 2.58. The molecular weight excluding hydrogens is 594 g/mol. The Morgan fingerprint density at radius 2 is 1.32 bits per heavy atom. The van der Waals surface area contributed by atoms with E-state index < -0.39 is 35.2 Å². The maximum absolute atomic E-state index is 14.4. The van der Waals surface area contributed by atoms with Crippen molar-refractivity contribution in [2.24, 2.45) is 28.4 Å². The lowest BCUT2D eigenvalue weighted by Gasteiger charge is -2.56. The lowest BCUT2D eigenvalue weighted by Crippen LogP contribution is -2.60. The van der Waals surface area contributed by atoms with Gasteiger partial charge in [-0.3, -0.25) is 24.5 Å². The molecule has 1 unspecified atom stereocenters. The summed E-state index contributed by atoms with van der Waals surface area (Å²) in [5.41, 5.74) is 8.90. The fourth-order valence-electron chi connectivity index (χ4n) is 10.4. The van der Waals surface area contributed by atoms with Gasteiger partial charge >= 0.3 is 5.97 Å². The molecule has 0 aliphatic heterocycles. The van der Waals surface area contributed by atoms with E-state index in [2.05, 4.69) is 24.5 Å². The van der Waals surface area contributed by atoms with Gasteiger partial charge in [-0.1, -0.05) is 52.7 Å². The number of carboxylic acids is 1. The molecule has 2 saturated carbocycles. The zero-order valence-electron chi connectivity index (χ0n) is 28.1. The summed E-state index contributed by atoms with van der Waals surface area (Å²) >= 11 is 0. The van der Waals surface area contributed by atoms with Crippen molar-refractivity contribution in [1.82, 2.24) is 5.32 Å². The van der Waals surface area contributed by atoms with Crippen molar-refractivity contribution in [3.05, 3.63) is 58.7 Å². The molecule has 0 radical (unpaired) electrons. The van der Waals surface area contributed by atoms with Crippen LogP contribution >= 0.6 is 0 Å². The summed E-state index contributed by atoms with van der Waals surface area (Å²) in [5, 5.41) is 25.1. The number of amides is 3. The normalized spacial score (nSPS) is 33.2. The number of benzene rings is 2. The molecule has 0 heterocycles. The third-order valence-electron chi connectivity index (χ3n) is 13.0. The number of phenolic OH excluding ortho intramolecular Hbond substituents is 1. The van der Waals surface area contributed by atoms with E-state index in [1.54, 1.807) is 6.07 Å². The molecule has 4 aliphatic rings. The van der Waals surface area contributed by atoms with Crippen LogP contribution in [0.15, 0.2) is 36.4 Å². The molecule has 9 heteroatoms. The maximum Gasteiger partial charge on any atom is 0.305 e. The highest BCUT2D eigenvalue weighted by Crippen LogP contribution is 2.59. The van der Waals surface area contributed by atoms with E-state index in [-0.39, 0.29) is 40.2 Å². The standard InChI is InChI=1S/C38H49N3O6/c1-35-15-5-17-37(3,29(35)13-9-22-7-11-24(19-26(22)35)40-32(45)28(39)21-31(43)44)33(46)41-34(47)38(4)18-6-16-36(2)27-20-25(42)12-8-23(27)10-14-30(36)38/h7-8,11-12,19-20,28-30,42H,5-6,9-10,13-18,21,39H2,1-4H3,(H,40,45)(H,43,44)(H,41,46,47)/t28?,29-,30-,35-,36-,37+,38+/m1/s1. The van der Waals surface area contributed by atoms with Crippen LogP contribution in [-0.2, 0) is 42.8 Å². The largest absolute Gasteiger partial charge is 0.508 e. The Hall–Kier alpha value is -3.72. The number of rotatable bonds is 6. The second-order valence-electron chi connectivity index (χ2n) is 15.7. The van der Waals surface area contributed by atoms with Crippen LogP contribution in [0.4, 0.5) is 5.69 Å². The third-order valence-corrected chi connectivity index (χ3v) is 13.0. The molecule has 3 amide bonds. The first-order chi connectivity index (χ1) is 22.1. The average Bonchev–Trinajstić information content (AvgIpc) is 3.01. The molecule has 4 aliphatic carbocycles. The van der Waals surface area contributed by atoms with Gasteiger partial charge in [-0.15, -0.1) is 0 Å². The number of imide groups is 1. The second-order valence-corrected chi connectivity index (χ2v) is 15.7. The molecule has 6 N–H and O–H groups in total. The van der Waals surface area contributed by atoms with Gasteiger partial charge in [0.15, 0.2) is 0 Å². The van der Waals surface area contributed by atoms with Crippen LogP contribution in [0.25, 0.3) is 0 Å². The molecule has 0 spiro atoms. The summed E-state index contributed by atoms with van der Waals surface area (Å²) in [4.78, 5) is 52.4. The number of nitrogens with two attached hydrogens (primary N) is 1. The van der Waals surface area contributed by atoms with Crippen molar-refractivity contribution in [3.63, 3.8) is 0 Å². The molecule has 47 heavy (non-hydrogen) atoms. The van der Waals surface area contributed by atoms with Gasteiger partial charge in [-0.2, -0.15) is 0 Å². The Kier molecular flexibility index (Phi) is 8.30. The van der Waals surface area contributed by atoms with Crippen molar-refractivity contribution < 1.29 is 29.4 Å². The summed E-state index contributed by atoms with van der Waals surface area (Å²) in [6, 6.07) is 10.3. The van der Waals surface area contributed by atoms with Gasteiger partial charge in [-0.05, 0) is 121 Å². The predicted molar refractivity (Wildman–Crippen MR) is 179 cm³/mol. The Balaban J connectivity index is 1.23. The number of aryl methyl sites for hydroxylation is 2. The summed E-state index contributed by atoms with van der Waals surface area (Å²) in [6.45, 7) is 8.48. The van der Waals surface area contributed by atoms with Crippen molar-refractivity contribution >= 4 is 29.4 Å². The minimum absolute atomic E-state index is 0.0155. The minimum atomic E-state index is -1.16. The molecule has 2 fully saturated rings. The number of carbonyl (C=O) groups excluding carboxylic acids is 3. The van der Waals surface area contributed by atoms with E-state index in [9.17, 15) is 24.3 Å². The monoisotopic (exact) mass is 643 g/mol. The van der Waals surface area contributed by atoms with Gasteiger partial charge in [0.25, 0.3) is 0 Å². The molecule has 9 nitrogen and oxygen atoms in total. The Labute approximate surface area is 277 Å². The maximum atomic E-state index is 14.4. The SMILES string of the molecule is C[C@]1(C(=O)NC(=O)[C@@]2(C)CCC[C@]3(C)c4cc(NC(=O)C(N)CC(=O)O)ccc4CC[C@@H]23)CCC[C@]2(C)c3cc(O)ccc3CC[C@@H]12. The summed E-state index contributed by atoms with van der Waals surface area (Å²) in [5.74, 6) is -1.80. The van der Waals surface area contributed by atoms with Crippen LogP contribution in [-0.4, -0.2) is 39.9 Å². The van der Waals surface area contributed by atoms with Crippen LogP contribution in [0.1, 0.15) is 108 Å². The molecule has 7 atom stereocenters. The van der Waals surface area contributed by atoms with E-state index in [0.717, 1.165) is 68.9 Å². The number of fused-ring (bicyclic) bond motifs is 6. The zero-order valence-corrected chi connectivity index (χ0v) is 28.1. The topological polar surface area (TPSA) is 159 Å². The first-order valence-corrected chi connectivity index (χ1v) is 17.2. The summed E-state index contributed by atoms with van der Waals surface area (Å²) in [7, 11) is 0. The van der Waals surface area contributed by atoms with Crippen molar-refractivity contribution in [2.75, 3.05) is 5.32 Å². The molecule has 252 valence electrons. The highest BCUT2D eigenvalue weighted by molar-refractivity contribution is 6.01. The fourth-order valence-corrected chi connectivity index (χ4v) is 10.4. The molecule has 6 rings (SSSR count). The number of hydrogen-bond acceptors (Lipinski definition) is 6. The minimum Gasteiger partial charge on any atom is -0.508 e. The van der Waals surface area contributed by atoms with E-state index >= 15 is 0 Å². The molecule has 0 saturated heterocycles. The number of hydrogen-bond donors (Lipinski definition) is 5. The van der Waals surface area contributed by atoms with Gasteiger partial charge in [-0.25, -0.2) is 0 Å². The fraction of sp³-hybridized carbons (Fsp3) is 0.579. The van der Waals surface area contributed by atoms with E-state index in [4.69, 9.17) is 10.8 Å². The summed E-state index contributed by atoms with van der Waals surface area (Å²) < 4.78 is 0. The van der Waals surface area contributed by atoms with E-state index in [0.29, 0.717) is 12.1 Å². The molecule has 2 aromatic rings. The summed E-state index contributed by atoms with van der Waals surface area (Å²) in [6.07, 6.45) is 7.76. The number of aliphatic carboxylic acids is 1. The Bertz CT molecular complexity index is 1640. The molecule has 2 aromatic carbocycles. The zero-order chi connectivity index (χ0) is 33.9. The predicted octanol–water partition coefficient (Wildman–Crippen LogP) is 5.50. The van der Waals surface area contributed by atoms with Crippen LogP contribution < -0.4 is 16.4 Å². The lowest BCUT2D eigenvalue weighted by atomic mass is 9.49. The van der Waals surface area contributed by atoms with Crippen LogP contribution in [0.2, 0.25) is 0 Å². The van der Waals surface area contributed by atoms with Crippen molar-refractivity contribution in [2.45, 2.75) is 115 Å². The van der Waals surface area contributed by atoms with Gasteiger partial charge in [0, 0.05) is 5.69 Å². The molecule has 0 aromatic heterocycles. The number of carboxylic acid groups (broad SMARTS) is 1. The van der Waals surface area contributed by atoms with Crippen LogP contribution in [0.3, 0.4) is 0 Å². The Morgan fingerprint density at radius 3 is 1.85 bits per heavy atom. The van der Waals surface area contributed by atoms with Gasteiger partial charge < -0.3 is 21.3 Å². The van der Waals surface area contributed by atoms with E-state index in [1.165, 1.54) is 11.1 Å². The highest BCUT2D eigenvalue weighted by atomic mass is 16.4. The first-order valence-electron chi connectivity index (χ1n) is 17.2. The van der Waals surface area contributed by atoms with Crippen molar-refractivity contribution in [1.29, 1.82) is 0 Å². The second kappa shape index (κ2) is 11.8. The quantitative estimate of drug-likeness (QED) is 0.260. The number of carbonyl (C=O) groups is 4. The van der Waals surface area contributed by atoms with Crippen molar-refractivity contribution in [3.8, 4) is 5.75 Å². The van der Waals surface area contributed by atoms with Crippen LogP contribution in [0.5, 0.6) is 5.75 Å².